The monoisotopic (exact) mass is 197 g/mol. The summed E-state index contributed by atoms with van der Waals surface area (Å²) in [6.07, 6.45) is 2.05. The molecule has 13 heavy (non-hydrogen) atoms. The number of rotatable bonds is 4. The van der Waals surface area contributed by atoms with Crippen molar-refractivity contribution < 1.29 is 4.74 Å². The van der Waals surface area contributed by atoms with Gasteiger partial charge in [0.2, 0.25) is 0 Å². The summed E-state index contributed by atoms with van der Waals surface area (Å²) >= 11 is 1.70. The number of thioether (sulfide) groups is 1. The van der Waals surface area contributed by atoms with E-state index in [9.17, 15) is 0 Å². The number of benzene rings is 1. The molecule has 1 N–H and O–H groups in total. The average Bonchev–Trinajstić information content (AvgIpc) is 2.18. The van der Waals surface area contributed by atoms with Crippen LogP contribution in [0.2, 0.25) is 0 Å². The second-order valence-corrected chi connectivity index (χ2v) is 3.57. The van der Waals surface area contributed by atoms with Gasteiger partial charge in [-0.3, -0.25) is 0 Å². The number of hydrogen-bond acceptors (Lipinski definition) is 3. The molecule has 0 fully saturated rings. The van der Waals surface area contributed by atoms with Gasteiger partial charge in [-0.15, -0.1) is 11.8 Å². The molecule has 1 rings (SSSR count). The molecule has 0 spiro atoms. The van der Waals surface area contributed by atoms with Crippen LogP contribution in [0.25, 0.3) is 0 Å². The summed E-state index contributed by atoms with van der Waals surface area (Å²) in [7, 11) is 3.65. The van der Waals surface area contributed by atoms with E-state index in [1.807, 2.05) is 7.05 Å². The second kappa shape index (κ2) is 5.14. The lowest BCUT2D eigenvalue weighted by Gasteiger charge is -2.08. The van der Waals surface area contributed by atoms with Gasteiger partial charge in [-0.05, 0) is 31.0 Å². The maximum Gasteiger partial charge on any atom is 0.132 e. The third kappa shape index (κ3) is 2.64. The van der Waals surface area contributed by atoms with Crippen LogP contribution in [0.4, 0.5) is 0 Å². The zero-order valence-electron chi connectivity index (χ0n) is 8.26. The Morgan fingerprint density at radius 3 is 2.77 bits per heavy atom. The molecule has 2 nitrogen and oxygen atoms in total. The van der Waals surface area contributed by atoms with Gasteiger partial charge in [-0.25, -0.2) is 0 Å². The van der Waals surface area contributed by atoms with Crippen LogP contribution in [0.5, 0.6) is 5.75 Å². The Hall–Kier alpha value is -0.670. The van der Waals surface area contributed by atoms with E-state index in [-0.39, 0.29) is 0 Å². The molecule has 0 atom stereocenters. The van der Waals surface area contributed by atoms with Crippen molar-refractivity contribution in [1.82, 2.24) is 5.32 Å². The van der Waals surface area contributed by atoms with Gasteiger partial charge in [0.25, 0.3) is 0 Å². The highest BCUT2D eigenvalue weighted by Gasteiger charge is 2.01. The largest absolute Gasteiger partial charge is 0.496 e. The van der Waals surface area contributed by atoms with Crippen LogP contribution in [0.15, 0.2) is 23.1 Å². The zero-order chi connectivity index (χ0) is 9.68. The fourth-order valence-corrected chi connectivity index (χ4v) is 1.74. The van der Waals surface area contributed by atoms with Crippen molar-refractivity contribution in [2.24, 2.45) is 0 Å². The Labute approximate surface area is 83.7 Å². The zero-order valence-corrected chi connectivity index (χ0v) is 9.07. The fourth-order valence-electron chi connectivity index (χ4n) is 1.19. The first-order valence-electron chi connectivity index (χ1n) is 4.17. The molecule has 0 unspecified atom stereocenters. The lowest BCUT2D eigenvalue weighted by molar-refractivity contribution is 0.404. The molecule has 0 saturated carbocycles. The number of methoxy groups -OCH3 is 1. The summed E-state index contributed by atoms with van der Waals surface area (Å²) in [5, 5.41) is 3.11. The Balaban J connectivity index is 2.91. The number of ether oxygens (including phenoxy) is 1. The van der Waals surface area contributed by atoms with Gasteiger partial charge >= 0.3 is 0 Å². The van der Waals surface area contributed by atoms with Gasteiger partial charge < -0.3 is 10.1 Å². The number of nitrogens with one attached hydrogen (secondary N) is 1. The van der Waals surface area contributed by atoms with E-state index in [0.717, 1.165) is 12.3 Å². The summed E-state index contributed by atoms with van der Waals surface area (Å²) < 4.78 is 5.27. The maximum absolute atomic E-state index is 5.27. The SMILES string of the molecule is CNCc1ccc(SC)c(OC)c1. The van der Waals surface area contributed by atoms with E-state index < -0.39 is 0 Å². The molecule has 0 bridgehead atoms. The van der Waals surface area contributed by atoms with E-state index in [1.54, 1.807) is 18.9 Å². The highest BCUT2D eigenvalue weighted by molar-refractivity contribution is 7.98. The van der Waals surface area contributed by atoms with E-state index in [2.05, 4.69) is 29.8 Å². The average molecular weight is 197 g/mol. The standard InChI is InChI=1S/C10H15NOS/c1-11-7-8-4-5-10(13-3)9(6-8)12-2/h4-6,11H,7H2,1-3H3. The molecule has 0 aliphatic heterocycles. The molecule has 3 heteroatoms. The predicted molar refractivity (Wildman–Crippen MR) is 57.5 cm³/mol. The van der Waals surface area contributed by atoms with E-state index in [0.29, 0.717) is 0 Å². The van der Waals surface area contributed by atoms with Crippen LogP contribution in [-0.4, -0.2) is 20.4 Å². The third-order valence-electron chi connectivity index (χ3n) is 1.83. The highest BCUT2D eigenvalue weighted by Crippen LogP contribution is 2.28. The molecule has 0 saturated heterocycles. The Morgan fingerprint density at radius 2 is 2.23 bits per heavy atom. The van der Waals surface area contributed by atoms with Crippen LogP contribution >= 0.6 is 11.8 Å². The third-order valence-corrected chi connectivity index (χ3v) is 2.61. The van der Waals surface area contributed by atoms with Crippen LogP contribution in [-0.2, 0) is 6.54 Å². The topological polar surface area (TPSA) is 21.3 Å². The predicted octanol–water partition coefficient (Wildman–Crippen LogP) is 2.14. The van der Waals surface area contributed by atoms with Gasteiger partial charge in [-0.1, -0.05) is 6.07 Å². The molecular weight excluding hydrogens is 182 g/mol. The van der Waals surface area contributed by atoms with Gasteiger partial charge in [0.05, 0.1) is 7.11 Å². The first kappa shape index (κ1) is 10.4. The maximum atomic E-state index is 5.27. The summed E-state index contributed by atoms with van der Waals surface area (Å²) in [4.78, 5) is 1.18. The molecule has 1 aromatic carbocycles. The molecule has 0 aliphatic carbocycles. The van der Waals surface area contributed by atoms with Crippen LogP contribution in [0.3, 0.4) is 0 Å². The summed E-state index contributed by atoms with van der Waals surface area (Å²) in [5.74, 6) is 0.959. The smallest absolute Gasteiger partial charge is 0.132 e. The molecule has 0 amide bonds. The molecule has 1 aromatic rings. The van der Waals surface area contributed by atoms with Crippen LogP contribution in [0, 0.1) is 0 Å². The molecule has 0 heterocycles. The van der Waals surface area contributed by atoms with Crippen molar-refractivity contribution in [3.63, 3.8) is 0 Å². The number of hydrogen-bond donors (Lipinski definition) is 1. The van der Waals surface area contributed by atoms with Crippen molar-refractivity contribution in [2.75, 3.05) is 20.4 Å². The minimum absolute atomic E-state index is 0.880. The fraction of sp³-hybridized carbons (Fsp3) is 0.400. The summed E-state index contributed by atoms with van der Waals surface area (Å²) in [6, 6.07) is 6.28. The Kier molecular flexibility index (Phi) is 4.12. The van der Waals surface area contributed by atoms with Crippen molar-refractivity contribution >= 4 is 11.8 Å². The highest BCUT2D eigenvalue weighted by atomic mass is 32.2. The minimum atomic E-state index is 0.880. The van der Waals surface area contributed by atoms with E-state index in [1.165, 1.54) is 10.5 Å². The molecule has 72 valence electrons. The lowest BCUT2D eigenvalue weighted by atomic mass is 10.2. The first-order valence-corrected chi connectivity index (χ1v) is 5.39. The molecular formula is C10H15NOS. The van der Waals surface area contributed by atoms with Crippen molar-refractivity contribution in [3.8, 4) is 5.75 Å². The van der Waals surface area contributed by atoms with Gasteiger partial charge in [0, 0.05) is 11.4 Å². The molecule has 0 radical (unpaired) electrons. The molecule has 0 aliphatic rings. The van der Waals surface area contributed by atoms with Crippen molar-refractivity contribution in [1.29, 1.82) is 0 Å². The van der Waals surface area contributed by atoms with E-state index >= 15 is 0 Å². The first-order chi connectivity index (χ1) is 6.31. The van der Waals surface area contributed by atoms with Crippen LogP contribution < -0.4 is 10.1 Å². The van der Waals surface area contributed by atoms with Gasteiger partial charge in [0.15, 0.2) is 0 Å². The van der Waals surface area contributed by atoms with Gasteiger partial charge in [-0.2, -0.15) is 0 Å². The second-order valence-electron chi connectivity index (χ2n) is 2.72. The quantitative estimate of drug-likeness (QED) is 0.747. The summed E-state index contributed by atoms with van der Waals surface area (Å²) in [6.45, 7) is 0.880. The van der Waals surface area contributed by atoms with Crippen molar-refractivity contribution in [3.05, 3.63) is 23.8 Å². The van der Waals surface area contributed by atoms with Crippen molar-refractivity contribution in [2.45, 2.75) is 11.4 Å². The molecule has 0 aromatic heterocycles. The van der Waals surface area contributed by atoms with Crippen LogP contribution in [0.1, 0.15) is 5.56 Å². The summed E-state index contributed by atoms with van der Waals surface area (Å²) in [5.41, 5.74) is 1.25. The Morgan fingerprint density at radius 1 is 1.46 bits per heavy atom. The Bertz CT molecular complexity index is 276. The minimum Gasteiger partial charge on any atom is -0.496 e. The normalized spacial score (nSPS) is 10.1. The van der Waals surface area contributed by atoms with Gasteiger partial charge in [0.1, 0.15) is 5.75 Å². The lowest BCUT2D eigenvalue weighted by Crippen LogP contribution is -2.05. The van der Waals surface area contributed by atoms with E-state index in [4.69, 9.17) is 4.74 Å².